The fourth-order valence-corrected chi connectivity index (χ4v) is 2.28. The average molecular weight is 217 g/mol. The van der Waals surface area contributed by atoms with Gasteiger partial charge >= 0.3 is 0 Å². The Bertz CT molecular complexity index is 518. The Kier molecular flexibility index (Phi) is 2.07. The van der Waals surface area contributed by atoms with Gasteiger partial charge in [-0.25, -0.2) is 9.97 Å². The van der Waals surface area contributed by atoms with Gasteiger partial charge in [0.2, 0.25) is 0 Å². The lowest BCUT2D eigenvalue weighted by molar-refractivity contribution is 0.551. The van der Waals surface area contributed by atoms with Gasteiger partial charge in [0.25, 0.3) is 0 Å². The molecule has 3 heterocycles. The normalized spacial score (nSPS) is 25.3. The van der Waals surface area contributed by atoms with Crippen LogP contribution in [-0.4, -0.2) is 28.0 Å². The fraction of sp³-hybridized carbons (Fsp3) is 0.455. The van der Waals surface area contributed by atoms with Crippen molar-refractivity contribution in [3.8, 4) is 0 Å². The van der Waals surface area contributed by atoms with Crippen LogP contribution in [0.15, 0.2) is 12.1 Å². The summed E-state index contributed by atoms with van der Waals surface area (Å²) in [5.41, 5.74) is 7.31. The van der Waals surface area contributed by atoms with Gasteiger partial charge in [-0.1, -0.05) is 6.92 Å². The lowest BCUT2D eigenvalue weighted by Crippen LogP contribution is -2.09. The van der Waals surface area contributed by atoms with E-state index in [4.69, 9.17) is 5.73 Å². The van der Waals surface area contributed by atoms with E-state index in [2.05, 4.69) is 27.2 Å². The zero-order valence-corrected chi connectivity index (χ0v) is 9.20. The summed E-state index contributed by atoms with van der Waals surface area (Å²) in [6.07, 6.45) is 0. The third-order valence-corrected chi connectivity index (χ3v) is 3.25. The topological polar surface area (TPSA) is 79.6 Å². The highest BCUT2D eigenvalue weighted by Crippen LogP contribution is 2.26. The number of imidazole rings is 1. The smallest absolute Gasteiger partial charge is 0.179 e. The Hall–Kier alpha value is -1.62. The molecule has 1 saturated heterocycles. The summed E-state index contributed by atoms with van der Waals surface area (Å²) in [6.45, 7) is 4.27. The highest BCUT2D eigenvalue weighted by molar-refractivity contribution is 5.72. The predicted molar refractivity (Wildman–Crippen MR) is 63.1 cm³/mol. The number of aromatic amines is 1. The molecule has 1 fully saturated rings. The van der Waals surface area contributed by atoms with Crippen LogP contribution in [0.25, 0.3) is 11.2 Å². The highest BCUT2D eigenvalue weighted by atomic mass is 15.0. The lowest BCUT2D eigenvalue weighted by Gasteiger charge is -2.09. The number of fused-ring (bicyclic) bond motifs is 1. The van der Waals surface area contributed by atoms with E-state index in [0.29, 0.717) is 23.3 Å². The van der Waals surface area contributed by atoms with Crippen molar-refractivity contribution in [3.05, 3.63) is 18.0 Å². The van der Waals surface area contributed by atoms with Crippen molar-refractivity contribution in [2.45, 2.75) is 12.8 Å². The molecule has 0 bridgehead atoms. The van der Waals surface area contributed by atoms with Gasteiger partial charge in [-0.3, -0.25) is 0 Å². The summed E-state index contributed by atoms with van der Waals surface area (Å²) >= 11 is 0. The molecule has 0 aliphatic carbocycles. The molecule has 5 nitrogen and oxygen atoms in total. The second-order valence-electron chi connectivity index (χ2n) is 4.47. The predicted octanol–water partition coefficient (Wildman–Crippen LogP) is 0.863. The van der Waals surface area contributed by atoms with Gasteiger partial charge in [-0.15, -0.1) is 0 Å². The summed E-state index contributed by atoms with van der Waals surface area (Å²) in [7, 11) is 0. The molecule has 0 radical (unpaired) electrons. The number of hydrogen-bond donors (Lipinski definition) is 3. The van der Waals surface area contributed by atoms with E-state index in [1.54, 1.807) is 6.07 Å². The molecule has 2 aromatic heterocycles. The third kappa shape index (κ3) is 1.44. The molecule has 16 heavy (non-hydrogen) atoms. The maximum atomic E-state index is 5.64. The average Bonchev–Trinajstić information content (AvgIpc) is 2.82. The van der Waals surface area contributed by atoms with E-state index in [-0.39, 0.29) is 0 Å². The molecular formula is C11H15N5. The minimum absolute atomic E-state index is 0.454. The van der Waals surface area contributed by atoms with Gasteiger partial charge in [0.1, 0.15) is 11.6 Å². The number of rotatable bonds is 1. The van der Waals surface area contributed by atoms with Crippen molar-refractivity contribution in [2.75, 3.05) is 18.8 Å². The fourth-order valence-electron chi connectivity index (χ4n) is 2.28. The Balaban J connectivity index is 2.04. The van der Waals surface area contributed by atoms with Gasteiger partial charge in [-0.05, 0) is 24.6 Å². The number of nitrogens with two attached hydrogens (primary N) is 1. The standard InChI is InChI=1S/C11H15N5/c1-6-4-13-5-7(6)10-14-8-2-3-9(12)15-11(8)16-10/h2-3,6-7,13H,4-5H2,1H3,(H3,12,14,15,16). The van der Waals surface area contributed by atoms with Gasteiger partial charge in [0.05, 0.1) is 5.52 Å². The van der Waals surface area contributed by atoms with E-state index in [0.717, 1.165) is 24.4 Å². The molecule has 2 atom stereocenters. The second-order valence-corrected chi connectivity index (χ2v) is 4.47. The molecule has 0 aromatic carbocycles. The Morgan fingerprint density at radius 3 is 2.94 bits per heavy atom. The van der Waals surface area contributed by atoms with Crippen molar-refractivity contribution < 1.29 is 0 Å². The van der Waals surface area contributed by atoms with Gasteiger partial charge in [0, 0.05) is 12.5 Å². The molecule has 0 spiro atoms. The van der Waals surface area contributed by atoms with Crippen molar-refractivity contribution >= 4 is 17.0 Å². The van der Waals surface area contributed by atoms with E-state index in [1.807, 2.05) is 6.07 Å². The van der Waals surface area contributed by atoms with Gasteiger partial charge < -0.3 is 16.0 Å². The monoisotopic (exact) mass is 217 g/mol. The molecule has 1 aliphatic rings. The molecule has 0 amide bonds. The Morgan fingerprint density at radius 2 is 2.19 bits per heavy atom. The number of anilines is 1. The van der Waals surface area contributed by atoms with Crippen LogP contribution in [-0.2, 0) is 0 Å². The van der Waals surface area contributed by atoms with E-state index >= 15 is 0 Å². The largest absolute Gasteiger partial charge is 0.384 e. The first-order chi connectivity index (χ1) is 7.74. The lowest BCUT2D eigenvalue weighted by atomic mass is 9.98. The van der Waals surface area contributed by atoms with Crippen LogP contribution in [0.5, 0.6) is 0 Å². The maximum Gasteiger partial charge on any atom is 0.179 e. The number of aromatic nitrogens is 3. The Labute approximate surface area is 93.5 Å². The summed E-state index contributed by atoms with van der Waals surface area (Å²) in [5, 5.41) is 3.37. The van der Waals surface area contributed by atoms with E-state index < -0.39 is 0 Å². The quantitative estimate of drug-likeness (QED) is 0.662. The zero-order chi connectivity index (χ0) is 11.1. The first kappa shape index (κ1) is 9.59. The number of pyridine rings is 1. The molecule has 4 N–H and O–H groups in total. The zero-order valence-electron chi connectivity index (χ0n) is 9.20. The van der Waals surface area contributed by atoms with Crippen molar-refractivity contribution in [3.63, 3.8) is 0 Å². The van der Waals surface area contributed by atoms with Crippen LogP contribution < -0.4 is 11.1 Å². The number of H-pyrrole nitrogens is 1. The molecule has 3 rings (SSSR count). The highest BCUT2D eigenvalue weighted by Gasteiger charge is 2.27. The minimum atomic E-state index is 0.454. The molecule has 2 unspecified atom stereocenters. The second kappa shape index (κ2) is 3.45. The molecular weight excluding hydrogens is 202 g/mol. The minimum Gasteiger partial charge on any atom is -0.384 e. The van der Waals surface area contributed by atoms with Crippen LogP contribution >= 0.6 is 0 Å². The maximum absolute atomic E-state index is 5.64. The van der Waals surface area contributed by atoms with Crippen LogP contribution in [0.2, 0.25) is 0 Å². The molecule has 84 valence electrons. The first-order valence-corrected chi connectivity index (χ1v) is 5.57. The van der Waals surface area contributed by atoms with Crippen molar-refractivity contribution in [1.82, 2.24) is 20.3 Å². The van der Waals surface area contributed by atoms with E-state index in [1.165, 1.54) is 0 Å². The van der Waals surface area contributed by atoms with Gasteiger partial charge in [0.15, 0.2) is 5.65 Å². The van der Waals surface area contributed by atoms with Crippen LogP contribution in [0.1, 0.15) is 18.7 Å². The number of nitrogens with zero attached hydrogens (tertiary/aromatic N) is 2. The van der Waals surface area contributed by atoms with Crippen LogP contribution in [0.3, 0.4) is 0 Å². The van der Waals surface area contributed by atoms with Crippen molar-refractivity contribution in [2.24, 2.45) is 5.92 Å². The summed E-state index contributed by atoms with van der Waals surface area (Å²) in [5.74, 6) is 2.60. The summed E-state index contributed by atoms with van der Waals surface area (Å²) < 4.78 is 0. The number of hydrogen-bond acceptors (Lipinski definition) is 4. The molecule has 2 aromatic rings. The van der Waals surface area contributed by atoms with Crippen LogP contribution in [0.4, 0.5) is 5.82 Å². The van der Waals surface area contributed by atoms with E-state index in [9.17, 15) is 0 Å². The summed E-state index contributed by atoms with van der Waals surface area (Å²) in [4.78, 5) is 12.1. The molecule has 0 saturated carbocycles. The number of nitrogen functional groups attached to an aromatic ring is 1. The SMILES string of the molecule is CC1CNCC1c1nc2nc(N)ccc2[nH]1. The molecule has 5 heteroatoms. The third-order valence-electron chi connectivity index (χ3n) is 3.25. The Morgan fingerprint density at radius 1 is 1.31 bits per heavy atom. The van der Waals surface area contributed by atoms with Gasteiger partial charge in [-0.2, -0.15) is 0 Å². The first-order valence-electron chi connectivity index (χ1n) is 5.57. The van der Waals surface area contributed by atoms with Crippen molar-refractivity contribution in [1.29, 1.82) is 0 Å². The van der Waals surface area contributed by atoms with Crippen LogP contribution in [0, 0.1) is 5.92 Å². The summed E-state index contributed by atoms with van der Waals surface area (Å²) in [6, 6.07) is 3.72. The molecule has 1 aliphatic heterocycles. The number of nitrogens with one attached hydrogen (secondary N) is 2.